The molecule has 5 heteroatoms. The molecular formula is C16H15F4N. The van der Waals surface area contributed by atoms with Crippen molar-refractivity contribution in [3.8, 4) is 0 Å². The van der Waals surface area contributed by atoms with Crippen LogP contribution in [0.25, 0.3) is 0 Å². The monoisotopic (exact) mass is 297 g/mol. The van der Waals surface area contributed by atoms with Gasteiger partial charge >= 0.3 is 0 Å². The van der Waals surface area contributed by atoms with E-state index in [0.717, 1.165) is 24.3 Å². The average Bonchev–Trinajstić information content (AvgIpc) is 2.43. The van der Waals surface area contributed by atoms with Gasteiger partial charge in [-0.1, -0.05) is 6.07 Å². The summed E-state index contributed by atoms with van der Waals surface area (Å²) in [7, 11) is 1.57. The SMILES string of the molecule is CNC(Cc1ccc(F)cc1F)c1cc(F)c(C)cc1F. The maximum Gasteiger partial charge on any atom is 0.129 e. The van der Waals surface area contributed by atoms with Crippen LogP contribution in [-0.2, 0) is 6.42 Å². The second-order valence-electron chi connectivity index (χ2n) is 4.90. The van der Waals surface area contributed by atoms with Crippen LogP contribution in [0.1, 0.15) is 22.7 Å². The molecule has 2 aromatic rings. The summed E-state index contributed by atoms with van der Waals surface area (Å²) in [5.41, 5.74) is 0.555. The molecule has 2 rings (SSSR count). The Labute approximate surface area is 120 Å². The average molecular weight is 297 g/mol. The van der Waals surface area contributed by atoms with E-state index >= 15 is 0 Å². The third-order valence-electron chi connectivity index (χ3n) is 3.44. The minimum Gasteiger partial charge on any atom is -0.313 e. The molecule has 0 radical (unpaired) electrons. The van der Waals surface area contributed by atoms with Crippen molar-refractivity contribution < 1.29 is 17.6 Å². The molecular weight excluding hydrogens is 282 g/mol. The van der Waals surface area contributed by atoms with Gasteiger partial charge in [0.15, 0.2) is 0 Å². The molecule has 0 aliphatic carbocycles. The fourth-order valence-electron chi connectivity index (χ4n) is 2.20. The van der Waals surface area contributed by atoms with Gasteiger partial charge in [-0.05, 0) is 49.7 Å². The summed E-state index contributed by atoms with van der Waals surface area (Å²) >= 11 is 0. The highest BCUT2D eigenvalue weighted by Crippen LogP contribution is 2.25. The number of benzene rings is 2. The van der Waals surface area contributed by atoms with E-state index in [1.807, 2.05) is 0 Å². The smallest absolute Gasteiger partial charge is 0.129 e. The maximum atomic E-state index is 14.0. The van der Waals surface area contributed by atoms with E-state index in [4.69, 9.17) is 0 Å². The Balaban J connectivity index is 2.34. The van der Waals surface area contributed by atoms with E-state index in [0.29, 0.717) is 0 Å². The first-order valence-electron chi connectivity index (χ1n) is 6.49. The zero-order chi connectivity index (χ0) is 15.6. The topological polar surface area (TPSA) is 12.0 Å². The van der Waals surface area contributed by atoms with Crippen LogP contribution in [0.15, 0.2) is 30.3 Å². The highest BCUT2D eigenvalue weighted by Gasteiger charge is 2.18. The Morgan fingerprint density at radius 3 is 2.29 bits per heavy atom. The van der Waals surface area contributed by atoms with Crippen LogP contribution in [0, 0.1) is 30.2 Å². The van der Waals surface area contributed by atoms with Crippen molar-refractivity contribution in [2.45, 2.75) is 19.4 Å². The van der Waals surface area contributed by atoms with Crippen molar-refractivity contribution in [1.29, 1.82) is 0 Å². The number of likely N-dealkylation sites (N-methyl/N-ethyl adjacent to an activating group) is 1. The standard InChI is InChI=1S/C16H15F4N/c1-9-5-15(20)12(8-13(9)18)16(21-2)6-10-3-4-11(17)7-14(10)19/h3-5,7-8,16,21H,6H2,1-2H3. The van der Waals surface area contributed by atoms with E-state index in [-0.39, 0.29) is 23.1 Å². The summed E-state index contributed by atoms with van der Waals surface area (Å²) in [4.78, 5) is 0. The lowest BCUT2D eigenvalue weighted by Crippen LogP contribution is -2.21. The maximum absolute atomic E-state index is 14.0. The molecule has 21 heavy (non-hydrogen) atoms. The highest BCUT2D eigenvalue weighted by atomic mass is 19.1. The fraction of sp³-hybridized carbons (Fsp3) is 0.250. The first-order valence-corrected chi connectivity index (χ1v) is 6.49. The molecule has 0 amide bonds. The molecule has 0 aliphatic heterocycles. The molecule has 0 saturated heterocycles. The second-order valence-corrected chi connectivity index (χ2v) is 4.90. The molecule has 0 heterocycles. The molecule has 0 fully saturated rings. The van der Waals surface area contributed by atoms with Crippen LogP contribution < -0.4 is 5.32 Å². The van der Waals surface area contributed by atoms with E-state index in [1.54, 1.807) is 7.05 Å². The van der Waals surface area contributed by atoms with Gasteiger partial charge in [-0.2, -0.15) is 0 Å². The molecule has 0 saturated carbocycles. The number of aryl methyl sites for hydroxylation is 1. The summed E-state index contributed by atoms with van der Waals surface area (Å²) < 4.78 is 54.1. The summed E-state index contributed by atoms with van der Waals surface area (Å²) in [6.07, 6.45) is 0.0854. The van der Waals surface area contributed by atoms with Gasteiger partial charge < -0.3 is 5.32 Å². The highest BCUT2D eigenvalue weighted by molar-refractivity contribution is 5.30. The number of rotatable bonds is 4. The summed E-state index contributed by atoms with van der Waals surface area (Å²) in [5.74, 6) is -2.46. The molecule has 112 valence electrons. The number of hydrogen-bond donors (Lipinski definition) is 1. The number of nitrogens with one attached hydrogen (secondary N) is 1. The van der Waals surface area contributed by atoms with E-state index < -0.39 is 29.3 Å². The Kier molecular flexibility index (Phi) is 4.63. The van der Waals surface area contributed by atoms with Gasteiger partial charge in [0.05, 0.1) is 0 Å². The van der Waals surface area contributed by atoms with Crippen LogP contribution in [0.2, 0.25) is 0 Å². The number of halogens is 4. The quantitative estimate of drug-likeness (QED) is 0.839. The zero-order valence-corrected chi connectivity index (χ0v) is 11.7. The van der Waals surface area contributed by atoms with Crippen molar-refractivity contribution in [2.75, 3.05) is 7.05 Å². The van der Waals surface area contributed by atoms with Crippen molar-refractivity contribution in [1.82, 2.24) is 5.32 Å². The molecule has 2 aromatic carbocycles. The Morgan fingerprint density at radius 1 is 0.952 bits per heavy atom. The molecule has 1 unspecified atom stereocenters. The van der Waals surface area contributed by atoms with Gasteiger partial charge in [-0.15, -0.1) is 0 Å². The van der Waals surface area contributed by atoms with Crippen LogP contribution >= 0.6 is 0 Å². The minimum atomic E-state index is -0.705. The van der Waals surface area contributed by atoms with Crippen molar-refractivity contribution in [2.24, 2.45) is 0 Å². The molecule has 1 N–H and O–H groups in total. The number of hydrogen-bond acceptors (Lipinski definition) is 1. The first-order chi connectivity index (χ1) is 9.92. The predicted molar refractivity (Wildman–Crippen MR) is 73.0 cm³/mol. The second kappa shape index (κ2) is 6.26. The normalized spacial score (nSPS) is 12.5. The summed E-state index contributed by atoms with van der Waals surface area (Å²) in [6, 6.07) is 4.81. The van der Waals surface area contributed by atoms with Gasteiger partial charge in [0, 0.05) is 17.7 Å². The lowest BCUT2D eigenvalue weighted by Gasteiger charge is -2.18. The summed E-state index contributed by atoms with van der Waals surface area (Å²) in [5, 5.41) is 2.83. The van der Waals surface area contributed by atoms with E-state index in [9.17, 15) is 17.6 Å². The van der Waals surface area contributed by atoms with Gasteiger partial charge in [-0.25, -0.2) is 17.6 Å². The van der Waals surface area contributed by atoms with Crippen molar-refractivity contribution in [3.63, 3.8) is 0 Å². The molecule has 0 aliphatic rings. The molecule has 1 nitrogen and oxygen atoms in total. The third-order valence-corrected chi connectivity index (χ3v) is 3.44. The molecule has 0 aromatic heterocycles. The predicted octanol–water partition coefficient (Wildman–Crippen LogP) is 4.05. The van der Waals surface area contributed by atoms with Crippen LogP contribution in [0.5, 0.6) is 0 Å². The minimum absolute atomic E-state index is 0.0854. The lowest BCUT2D eigenvalue weighted by atomic mass is 9.97. The van der Waals surface area contributed by atoms with Crippen molar-refractivity contribution in [3.05, 3.63) is 70.3 Å². The lowest BCUT2D eigenvalue weighted by molar-refractivity contribution is 0.506. The molecule has 0 spiro atoms. The van der Waals surface area contributed by atoms with Crippen LogP contribution in [-0.4, -0.2) is 7.05 Å². The van der Waals surface area contributed by atoms with Gasteiger partial charge in [-0.3, -0.25) is 0 Å². The fourth-order valence-corrected chi connectivity index (χ4v) is 2.20. The summed E-state index contributed by atoms with van der Waals surface area (Å²) in [6.45, 7) is 1.47. The molecule has 0 bridgehead atoms. The van der Waals surface area contributed by atoms with E-state index in [1.165, 1.54) is 13.0 Å². The van der Waals surface area contributed by atoms with Crippen LogP contribution in [0.3, 0.4) is 0 Å². The van der Waals surface area contributed by atoms with Gasteiger partial charge in [0.1, 0.15) is 23.3 Å². The van der Waals surface area contributed by atoms with Crippen molar-refractivity contribution >= 4 is 0 Å². The Morgan fingerprint density at radius 2 is 1.67 bits per heavy atom. The Hall–Kier alpha value is -1.88. The van der Waals surface area contributed by atoms with Crippen LogP contribution in [0.4, 0.5) is 17.6 Å². The third kappa shape index (κ3) is 3.42. The van der Waals surface area contributed by atoms with Gasteiger partial charge in [0.25, 0.3) is 0 Å². The van der Waals surface area contributed by atoms with E-state index in [2.05, 4.69) is 5.32 Å². The first kappa shape index (κ1) is 15.5. The largest absolute Gasteiger partial charge is 0.313 e. The Bertz CT molecular complexity index is 655. The zero-order valence-electron chi connectivity index (χ0n) is 11.7. The molecule has 1 atom stereocenters. The van der Waals surface area contributed by atoms with Gasteiger partial charge in [0.2, 0.25) is 0 Å².